The number of imidazole rings is 1. The summed E-state index contributed by atoms with van der Waals surface area (Å²) in [4.78, 5) is 16.6. The number of nitrogens with zero attached hydrogens (tertiary/aromatic N) is 2. The van der Waals surface area contributed by atoms with E-state index in [0.717, 1.165) is 48.2 Å². The van der Waals surface area contributed by atoms with Crippen molar-refractivity contribution in [2.24, 2.45) is 0 Å². The van der Waals surface area contributed by atoms with Crippen LogP contribution < -0.4 is 0 Å². The van der Waals surface area contributed by atoms with E-state index in [0.29, 0.717) is 5.56 Å². The van der Waals surface area contributed by atoms with Crippen LogP contribution in [0.3, 0.4) is 0 Å². The van der Waals surface area contributed by atoms with E-state index in [1.807, 2.05) is 0 Å². The first kappa shape index (κ1) is 12.8. The van der Waals surface area contributed by atoms with Crippen molar-refractivity contribution in [3.05, 3.63) is 52.9 Å². The molecule has 1 N–H and O–H groups in total. The monoisotopic (exact) mass is 274 g/mol. The van der Waals surface area contributed by atoms with Crippen LogP contribution in [-0.4, -0.2) is 20.7 Å². The summed E-state index contributed by atoms with van der Waals surface area (Å²) in [5.74, 6) is -0.770. The van der Waals surface area contributed by atoms with Crippen LogP contribution in [0.4, 0.5) is 4.39 Å². The Labute approximate surface area is 115 Å². The number of aryl methyl sites for hydroxylation is 1. The van der Waals surface area contributed by atoms with E-state index in [1.54, 1.807) is 0 Å². The number of fused-ring (bicyclic) bond motifs is 1. The molecule has 0 unspecified atom stereocenters. The zero-order valence-electron chi connectivity index (χ0n) is 11.0. The lowest BCUT2D eigenvalue weighted by Gasteiger charge is -2.03. The molecule has 104 valence electrons. The van der Waals surface area contributed by atoms with E-state index in [4.69, 9.17) is 0 Å². The van der Waals surface area contributed by atoms with Crippen molar-refractivity contribution in [1.29, 1.82) is 0 Å². The summed E-state index contributed by atoms with van der Waals surface area (Å²) < 4.78 is 13.8. The molecule has 1 aromatic carbocycles. The summed E-state index contributed by atoms with van der Waals surface area (Å²) >= 11 is 0. The van der Waals surface area contributed by atoms with E-state index < -0.39 is 5.82 Å². The Kier molecular flexibility index (Phi) is 3.26. The number of aromatic nitrogens is 2. The minimum Gasteiger partial charge on any atom is -0.426 e. The first-order valence-corrected chi connectivity index (χ1v) is 6.77. The lowest BCUT2D eigenvalue weighted by molar-refractivity contribution is 0.0970. The third-order valence-corrected chi connectivity index (χ3v) is 3.67. The van der Waals surface area contributed by atoms with E-state index in [-0.39, 0.29) is 11.6 Å². The van der Waals surface area contributed by atoms with E-state index in [2.05, 4.69) is 4.98 Å². The molecule has 20 heavy (non-hydrogen) atoms. The quantitative estimate of drug-likeness (QED) is 0.520. The second-order valence-electron chi connectivity index (χ2n) is 5.04. The minimum absolute atomic E-state index is 0.0171. The molecule has 0 atom stereocenters. The predicted molar refractivity (Wildman–Crippen MR) is 70.5 cm³/mol. The molecular formula is C15H15FN2O2. The van der Waals surface area contributed by atoms with Crippen LogP contribution >= 0.6 is 0 Å². The Hall–Kier alpha value is -2.17. The van der Waals surface area contributed by atoms with Gasteiger partial charge in [0, 0.05) is 5.56 Å². The fourth-order valence-electron chi connectivity index (χ4n) is 2.58. The first-order valence-electron chi connectivity index (χ1n) is 6.77. The normalized spacial score (nSPS) is 14.7. The van der Waals surface area contributed by atoms with Crippen LogP contribution in [0.2, 0.25) is 0 Å². The maximum Gasteiger partial charge on any atom is 0.231 e. The smallest absolute Gasteiger partial charge is 0.231 e. The standard InChI is InChI=1S/C15H15FN2O2/c16-11-8-6-10(7-9-11)14(19)15-17-12-4-2-1-3-5-13(12)18(15)20/h6-9,20H,1-5H2. The third-order valence-electron chi connectivity index (χ3n) is 3.67. The van der Waals surface area contributed by atoms with Gasteiger partial charge in [-0.3, -0.25) is 4.79 Å². The van der Waals surface area contributed by atoms with Gasteiger partial charge in [-0.05, 0) is 49.9 Å². The molecule has 3 rings (SSSR count). The van der Waals surface area contributed by atoms with Gasteiger partial charge in [0.05, 0.1) is 11.4 Å². The number of carbonyl (C=O) groups is 1. The molecule has 1 aliphatic rings. The first-order chi connectivity index (χ1) is 9.66. The van der Waals surface area contributed by atoms with Crippen molar-refractivity contribution < 1.29 is 14.4 Å². The summed E-state index contributed by atoms with van der Waals surface area (Å²) in [6.45, 7) is 0. The maximum absolute atomic E-state index is 12.9. The van der Waals surface area contributed by atoms with Crippen LogP contribution in [-0.2, 0) is 12.8 Å². The van der Waals surface area contributed by atoms with Gasteiger partial charge < -0.3 is 5.21 Å². The fraction of sp³-hybridized carbons (Fsp3) is 0.333. The molecule has 0 saturated heterocycles. The Bertz CT molecular complexity index is 647. The van der Waals surface area contributed by atoms with Gasteiger partial charge in [-0.2, -0.15) is 4.73 Å². The van der Waals surface area contributed by atoms with Crippen LogP contribution in [0.25, 0.3) is 0 Å². The lowest BCUT2D eigenvalue weighted by Crippen LogP contribution is -2.11. The molecule has 0 aliphatic heterocycles. The Morgan fingerprint density at radius 3 is 2.60 bits per heavy atom. The molecular weight excluding hydrogens is 259 g/mol. The number of halogens is 1. The molecule has 0 bridgehead atoms. The summed E-state index contributed by atoms with van der Waals surface area (Å²) in [5, 5.41) is 10.1. The number of benzene rings is 1. The second-order valence-corrected chi connectivity index (χ2v) is 5.04. The molecule has 1 aromatic heterocycles. The van der Waals surface area contributed by atoms with Crippen molar-refractivity contribution in [2.45, 2.75) is 32.1 Å². The van der Waals surface area contributed by atoms with Gasteiger partial charge in [0.1, 0.15) is 5.82 Å². The highest BCUT2D eigenvalue weighted by molar-refractivity contribution is 6.06. The third kappa shape index (κ3) is 2.19. The molecule has 4 nitrogen and oxygen atoms in total. The highest BCUT2D eigenvalue weighted by Crippen LogP contribution is 2.22. The molecule has 0 saturated carbocycles. The topological polar surface area (TPSA) is 55.1 Å². The van der Waals surface area contributed by atoms with Gasteiger partial charge >= 0.3 is 0 Å². The second kappa shape index (κ2) is 5.07. The molecule has 5 heteroatoms. The van der Waals surface area contributed by atoms with E-state index in [9.17, 15) is 14.4 Å². The molecule has 0 radical (unpaired) electrons. The zero-order chi connectivity index (χ0) is 14.1. The van der Waals surface area contributed by atoms with Gasteiger partial charge in [-0.15, -0.1) is 0 Å². The lowest BCUT2D eigenvalue weighted by atomic mass is 10.1. The average molecular weight is 274 g/mol. The maximum atomic E-state index is 12.9. The molecule has 0 fully saturated rings. The molecule has 0 spiro atoms. The Balaban J connectivity index is 1.98. The average Bonchev–Trinajstić information content (AvgIpc) is 2.64. The highest BCUT2D eigenvalue weighted by Gasteiger charge is 2.23. The van der Waals surface area contributed by atoms with E-state index >= 15 is 0 Å². The Morgan fingerprint density at radius 1 is 1.15 bits per heavy atom. The summed E-state index contributed by atoms with van der Waals surface area (Å²) in [6, 6.07) is 5.25. The van der Waals surface area contributed by atoms with E-state index in [1.165, 1.54) is 24.3 Å². The van der Waals surface area contributed by atoms with Crippen molar-refractivity contribution >= 4 is 5.78 Å². The SMILES string of the molecule is O=C(c1ccc(F)cc1)c1nc2c(n1O)CCCCC2. The van der Waals surface area contributed by atoms with Gasteiger partial charge in [-0.25, -0.2) is 9.37 Å². The zero-order valence-corrected chi connectivity index (χ0v) is 11.0. The summed E-state index contributed by atoms with van der Waals surface area (Å²) in [5.41, 5.74) is 1.85. The van der Waals surface area contributed by atoms with Crippen molar-refractivity contribution in [3.63, 3.8) is 0 Å². The van der Waals surface area contributed by atoms with Gasteiger partial charge in [0.2, 0.25) is 11.6 Å². The molecule has 1 heterocycles. The highest BCUT2D eigenvalue weighted by atomic mass is 19.1. The fourth-order valence-corrected chi connectivity index (χ4v) is 2.58. The number of hydrogen-bond acceptors (Lipinski definition) is 3. The number of rotatable bonds is 2. The number of ketones is 1. The minimum atomic E-state index is -0.398. The number of hydrogen-bond donors (Lipinski definition) is 1. The van der Waals surface area contributed by atoms with Crippen molar-refractivity contribution in [2.75, 3.05) is 0 Å². The summed E-state index contributed by atoms with van der Waals surface area (Å²) in [6.07, 6.45) is 4.64. The van der Waals surface area contributed by atoms with Gasteiger partial charge in [-0.1, -0.05) is 6.42 Å². The summed E-state index contributed by atoms with van der Waals surface area (Å²) in [7, 11) is 0. The van der Waals surface area contributed by atoms with Gasteiger partial charge in [0.25, 0.3) is 0 Å². The molecule has 2 aromatic rings. The van der Waals surface area contributed by atoms with Crippen LogP contribution in [0, 0.1) is 5.82 Å². The predicted octanol–water partition coefficient (Wildman–Crippen LogP) is 2.76. The largest absolute Gasteiger partial charge is 0.426 e. The van der Waals surface area contributed by atoms with Crippen LogP contribution in [0.1, 0.15) is 46.8 Å². The molecule has 0 amide bonds. The molecule has 1 aliphatic carbocycles. The Morgan fingerprint density at radius 2 is 1.85 bits per heavy atom. The van der Waals surface area contributed by atoms with Crippen LogP contribution in [0.15, 0.2) is 24.3 Å². The number of carbonyl (C=O) groups excluding carboxylic acids is 1. The van der Waals surface area contributed by atoms with Crippen molar-refractivity contribution in [3.8, 4) is 0 Å². The van der Waals surface area contributed by atoms with Gasteiger partial charge in [0.15, 0.2) is 0 Å². The van der Waals surface area contributed by atoms with Crippen LogP contribution in [0.5, 0.6) is 0 Å². The van der Waals surface area contributed by atoms with Crippen molar-refractivity contribution in [1.82, 2.24) is 9.71 Å².